The van der Waals surface area contributed by atoms with Gasteiger partial charge in [-0.25, -0.2) is 4.79 Å². The standard InChI is InChI=1S/C22H14O5/c1-26-17-9-16(12-23)18-11-19(22(25)27-20(18)10-17)21(24)15-7-6-13-4-2-3-5-14(13)8-15/h2-12H,1H3. The fraction of sp³-hybridized carbons (Fsp3) is 0.0455. The first-order chi connectivity index (χ1) is 13.1. The third-order valence-electron chi connectivity index (χ3n) is 4.48. The summed E-state index contributed by atoms with van der Waals surface area (Å²) in [4.78, 5) is 36.7. The average molecular weight is 358 g/mol. The number of carbonyl (C=O) groups is 2. The summed E-state index contributed by atoms with van der Waals surface area (Å²) in [5.41, 5.74) is -0.0319. The van der Waals surface area contributed by atoms with Gasteiger partial charge in [0.05, 0.1) is 7.11 Å². The lowest BCUT2D eigenvalue weighted by molar-refractivity contribution is 0.103. The molecule has 3 aromatic carbocycles. The van der Waals surface area contributed by atoms with Crippen molar-refractivity contribution in [1.29, 1.82) is 0 Å². The maximum Gasteiger partial charge on any atom is 0.347 e. The summed E-state index contributed by atoms with van der Waals surface area (Å²) in [6.07, 6.45) is 0.634. The molecule has 132 valence electrons. The number of fused-ring (bicyclic) bond motifs is 2. The van der Waals surface area contributed by atoms with Crippen LogP contribution >= 0.6 is 0 Å². The van der Waals surface area contributed by atoms with Crippen molar-refractivity contribution < 1.29 is 18.7 Å². The molecular weight excluding hydrogens is 344 g/mol. The Morgan fingerprint density at radius 1 is 1.00 bits per heavy atom. The van der Waals surface area contributed by atoms with Crippen molar-refractivity contribution in [2.75, 3.05) is 7.11 Å². The molecule has 0 aliphatic heterocycles. The number of ketones is 1. The Labute approximate surface area is 153 Å². The zero-order valence-electron chi connectivity index (χ0n) is 14.4. The first-order valence-corrected chi connectivity index (χ1v) is 8.25. The monoisotopic (exact) mass is 358 g/mol. The minimum atomic E-state index is -0.759. The zero-order chi connectivity index (χ0) is 19.0. The zero-order valence-corrected chi connectivity index (χ0v) is 14.4. The van der Waals surface area contributed by atoms with Gasteiger partial charge in [-0.15, -0.1) is 0 Å². The molecule has 0 bridgehead atoms. The van der Waals surface area contributed by atoms with Gasteiger partial charge < -0.3 is 9.15 Å². The number of hydrogen-bond acceptors (Lipinski definition) is 5. The molecule has 4 aromatic rings. The van der Waals surface area contributed by atoms with Gasteiger partial charge in [0.25, 0.3) is 0 Å². The third-order valence-corrected chi connectivity index (χ3v) is 4.48. The maximum absolute atomic E-state index is 12.9. The van der Waals surface area contributed by atoms with Crippen molar-refractivity contribution in [3.63, 3.8) is 0 Å². The van der Waals surface area contributed by atoms with Gasteiger partial charge in [0, 0.05) is 22.6 Å². The van der Waals surface area contributed by atoms with E-state index in [4.69, 9.17) is 9.15 Å². The number of carbonyl (C=O) groups excluding carboxylic acids is 2. The van der Waals surface area contributed by atoms with E-state index < -0.39 is 11.4 Å². The van der Waals surface area contributed by atoms with Gasteiger partial charge in [-0.2, -0.15) is 0 Å². The van der Waals surface area contributed by atoms with E-state index in [1.165, 1.54) is 25.3 Å². The van der Waals surface area contributed by atoms with Gasteiger partial charge in [-0.1, -0.05) is 36.4 Å². The number of hydrogen-bond donors (Lipinski definition) is 0. The second-order valence-corrected chi connectivity index (χ2v) is 6.08. The lowest BCUT2D eigenvalue weighted by atomic mass is 9.99. The van der Waals surface area contributed by atoms with E-state index >= 15 is 0 Å². The first kappa shape index (κ1) is 16.7. The van der Waals surface area contributed by atoms with Crippen molar-refractivity contribution in [3.05, 3.63) is 87.8 Å². The molecule has 0 saturated carbocycles. The first-order valence-electron chi connectivity index (χ1n) is 8.25. The summed E-state index contributed by atoms with van der Waals surface area (Å²) in [5.74, 6) is -0.0644. The molecular formula is C22H14O5. The molecule has 1 heterocycles. The van der Waals surface area contributed by atoms with Crippen LogP contribution in [0.25, 0.3) is 21.7 Å². The Kier molecular flexibility index (Phi) is 4.05. The predicted octanol–water partition coefficient (Wildman–Crippen LogP) is 4.00. The Morgan fingerprint density at radius 3 is 2.52 bits per heavy atom. The summed E-state index contributed by atoms with van der Waals surface area (Å²) in [6, 6.07) is 17.3. The van der Waals surface area contributed by atoms with Crippen LogP contribution in [0.1, 0.15) is 26.3 Å². The molecule has 0 aliphatic carbocycles. The molecule has 0 aliphatic rings. The number of methoxy groups -OCH3 is 1. The number of ether oxygens (including phenoxy) is 1. The fourth-order valence-corrected chi connectivity index (χ4v) is 3.08. The number of rotatable bonds is 4. The minimum Gasteiger partial charge on any atom is -0.497 e. The van der Waals surface area contributed by atoms with Crippen molar-refractivity contribution in [3.8, 4) is 5.75 Å². The summed E-state index contributed by atoms with van der Waals surface area (Å²) >= 11 is 0. The molecule has 0 N–H and O–H groups in total. The van der Waals surface area contributed by atoms with Gasteiger partial charge in [-0.3, -0.25) is 9.59 Å². The summed E-state index contributed by atoms with van der Waals surface area (Å²) in [7, 11) is 1.45. The topological polar surface area (TPSA) is 73.6 Å². The Bertz CT molecular complexity index is 1270. The van der Waals surface area contributed by atoms with E-state index in [1.807, 2.05) is 30.3 Å². The van der Waals surface area contributed by atoms with Crippen molar-refractivity contribution in [2.45, 2.75) is 0 Å². The quantitative estimate of drug-likeness (QED) is 0.313. The molecule has 0 radical (unpaired) electrons. The number of aldehydes is 1. The number of benzene rings is 3. The summed E-state index contributed by atoms with van der Waals surface area (Å²) in [5, 5.41) is 2.27. The Morgan fingerprint density at radius 2 is 1.78 bits per heavy atom. The molecule has 0 fully saturated rings. The van der Waals surface area contributed by atoms with Crippen molar-refractivity contribution >= 4 is 33.8 Å². The highest BCUT2D eigenvalue weighted by atomic mass is 16.5. The van der Waals surface area contributed by atoms with E-state index in [9.17, 15) is 14.4 Å². The van der Waals surface area contributed by atoms with Gasteiger partial charge in [-0.05, 0) is 29.0 Å². The smallest absolute Gasteiger partial charge is 0.347 e. The highest BCUT2D eigenvalue weighted by molar-refractivity contribution is 6.12. The van der Waals surface area contributed by atoms with E-state index in [0.29, 0.717) is 23.0 Å². The van der Waals surface area contributed by atoms with Crippen LogP contribution in [0.5, 0.6) is 5.75 Å². The molecule has 5 nitrogen and oxygen atoms in total. The Hall–Kier alpha value is -3.73. The van der Waals surface area contributed by atoms with Crippen molar-refractivity contribution in [1.82, 2.24) is 0 Å². The van der Waals surface area contributed by atoms with E-state index in [-0.39, 0.29) is 16.7 Å². The molecule has 27 heavy (non-hydrogen) atoms. The van der Waals surface area contributed by atoms with Gasteiger partial charge in [0.1, 0.15) is 16.9 Å². The van der Waals surface area contributed by atoms with E-state index in [2.05, 4.69) is 0 Å². The summed E-state index contributed by atoms with van der Waals surface area (Å²) < 4.78 is 10.4. The second-order valence-electron chi connectivity index (χ2n) is 6.08. The molecule has 4 rings (SSSR count). The van der Waals surface area contributed by atoms with Crippen molar-refractivity contribution in [2.24, 2.45) is 0 Å². The predicted molar refractivity (Wildman–Crippen MR) is 102 cm³/mol. The lowest BCUT2D eigenvalue weighted by Crippen LogP contribution is -2.15. The largest absolute Gasteiger partial charge is 0.497 e. The molecule has 0 unspecified atom stereocenters. The molecule has 0 amide bonds. The van der Waals surface area contributed by atoms with Crippen LogP contribution in [0.2, 0.25) is 0 Å². The molecule has 0 atom stereocenters. The molecule has 0 spiro atoms. The van der Waals surface area contributed by atoms with Crippen LogP contribution < -0.4 is 10.4 Å². The molecule has 0 saturated heterocycles. The fourth-order valence-electron chi connectivity index (χ4n) is 3.08. The SMILES string of the molecule is COc1cc(C=O)c2cc(C(=O)c3ccc4ccccc4c3)c(=O)oc2c1. The van der Waals surface area contributed by atoms with E-state index in [1.54, 1.807) is 12.1 Å². The lowest BCUT2D eigenvalue weighted by Gasteiger charge is -2.07. The summed E-state index contributed by atoms with van der Waals surface area (Å²) in [6.45, 7) is 0. The van der Waals surface area contributed by atoms with Crippen LogP contribution in [0, 0.1) is 0 Å². The second kappa shape index (κ2) is 6.53. The van der Waals surface area contributed by atoms with Gasteiger partial charge in [0.2, 0.25) is 0 Å². The highest BCUT2D eigenvalue weighted by Crippen LogP contribution is 2.25. The normalized spacial score (nSPS) is 10.9. The molecule has 5 heteroatoms. The van der Waals surface area contributed by atoms with Gasteiger partial charge in [0.15, 0.2) is 12.1 Å². The van der Waals surface area contributed by atoms with Crippen LogP contribution in [0.3, 0.4) is 0 Å². The maximum atomic E-state index is 12.9. The third kappa shape index (κ3) is 2.89. The molecule has 1 aromatic heterocycles. The van der Waals surface area contributed by atoms with Crippen LogP contribution in [-0.4, -0.2) is 19.2 Å². The van der Waals surface area contributed by atoms with Crippen LogP contribution in [0.15, 0.2) is 69.9 Å². The van der Waals surface area contributed by atoms with Gasteiger partial charge >= 0.3 is 5.63 Å². The van der Waals surface area contributed by atoms with Crippen LogP contribution in [0.4, 0.5) is 0 Å². The van der Waals surface area contributed by atoms with E-state index in [0.717, 1.165) is 10.8 Å². The van der Waals surface area contributed by atoms with Crippen LogP contribution in [-0.2, 0) is 0 Å². The highest BCUT2D eigenvalue weighted by Gasteiger charge is 2.18. The minimum absolute atomic E-state index is 0.119. The Balaban J connectivity index is 1.89. The average Bonchev–Trinajstić information content (AvgIpc) is 2.71.